The highest BCUT2D eigenvalue weighted by atomic mass is 32.1. The molecular weight excluding hydrogens is 264 g/mol. The highest BCUT2D eigenvalue weighted by Gasteiger charge is 2.04. The molecule has 0 radical (unpaired) electrons. The molecule has 2 aromatic rings. The zero-order valence-corrected chi connectivity index (χ0v) is 10.6. The summed E-state index contributed by atoms with van der Waals surface area (Å²) in [6, 6.07) is 7.19. The molecule has 0 aliphatic heterocycles. The molecule has 0 atom stereocenters. The van der Waals surface area contributed by atoms with Crippen molar-refractivity contribution >= 4 is 23.3 Å². The molecule has 6 nitrogen and oxygen atoms in total. The molecule has 19 heavy (non-hydrogen) atoms. The second-order valence-corrected chi connectivity index (χ2v) is 4.07. The Balaban J connectivity index is 2.14. The number of nitrogens with zero attached hydrogens (tertiary/aromatic N) is 3. The molecule has 2 rings (SSSR count). The zero-order valence-electron chi connectivity index (χ0n) is 9.81. The third-order valence-electron chi connectivity index (χ3n) is 2.24. The van der Waals surface area contributed by atoms with E-state index < -0.39 is 5.97 Å². The Labute approximate surface area is 113 Å². The number of carbonyl (C=O) groups excluding carboxylic acids is 1. The van der Waals surface area contributed by atoms with Gasteiger partial charge in [-0.1, -0.05) is 40.5 Å². The lowest BCUT2D eigenvalue weighted by Gasteiger charge is -2.01. The van der Waals surface area contributed by atoms with Crippen LogP contribution in [0.5, 0.6) is 0 Å². The van der Waals surface area contributed by atoms with E-state index in [4.69, 9.17) is 5.73 Å². The monoisotopic (exact) mass is 274 g/mol. The summed E-state index contributed by atoms with van der Waals surface area (Å²) in [6.07, 6.45) is 1.01. The van der Waals surface area contributed by atoms with Crippen molar-refractivity contribution in [3.8, 4) is 11.3 Å². The predicted molar refractivity (Wildman–Crippen MR) is 72.4 cm³/mol. The number of benzene rings is 1. The molecule has 0 aliphatic carbocycles. The number of hydrogen-bond acceptors (Lipinski definition) is 6. The molecule has 1 aromatic heterocycles. The van der Waals surface area contributed by atoms with Crippen LogP contribution >= 0.6 is 11.5 Å². The quantitative estimate of drug-likeness (QED) is 0.300. The van der Waals surface area contributed by atoms with Crippen LogP contribution in [0.1, 0.15) is 5.56 Å². The Bertz CT molecular complexity index is 605. The van der Waals surface area contributed by atoms with Crippen LogP contribution in [0.15, 0.2) is 47.5 Å². The summed E-state index contributed by atoms with van der Waals surface area (Å²) >= 11 is 1.28. The third-order valence-corrected chi connectivity index (χ3v) is 2.74. The third kappa shape index (κ3) is 3.23. The molecule has 0 spiro atoms. The summed E-state index contributed by atoms with van der Waals surface area (Å²) in [5.74, 6) is -0.550. The van der Waals surface area contributed by atoms with Crippen LogP contribution in [0.2, 0.25) is 0 Å². The van der Waals surface area contributed by atoms with Gasteiger partial charge in [0.25, 0.3) is 0 Å². The first kappa shape index (κ1) is 12.9. The minimum Gasteiger partial charge on any atom is -0.380 e. The van der Waals surface area contributed by atoms with Gasteiger partial charge in [0.05, 0.1) is 0 Å². The van der Waals surface area contributed by atoms with Gasteiger partial charge in [0.2, 0.25) is 0 Å². The number of oxime groups is 1. The normalized spacial score (nSPS) is 11.1. The van der Waals surface area contributed by atoms with Gasteiger partial charge in [-0.15, -0.1) is 5.10 Å². The highest BCUT2D eigenvalue weighted by molar-refractivity contribution is 7.03. The van der Waals surface area contributed by atoms with Gasteiger partial charge in [0.15, 0.2) is 5.84 Å². The van der Waals surface area contributed by atoms with Gasteiger partial charge in [0, 0.05) is 22.6 Å². The topological polar surface area (TPSA) is 90.5 Å². The predicted octanol–water partition coefficient (Wildman–Crippen LogP) is 1.55. The van der Waals surface area contributed by atoms with E-state index in [0.29, 0.717) is 5.56 Å². The Hall–Kier alpha value is -2.54. The highest BCUT2D eigenvalue weighted by Crippen LogP contribution is 2.17. The van der Waals surface area contributed by atoms with Crippen molar-refractivity contribution in [2.45, 2.75) is 0 Å². The van der Waals surface area contributed by atoms with Crippen molar-refractivity contribution in [2.24, 2.45) is 10.9 Å². The first-order valence-electron chi connectivity index (χ1n) is 5.25. The minimum absolute atomic E-state index is 0.109. The second kappa shape index (κ2) is 5.87. The summed E-state index contributed by atoms with van der Waals surface area (Å²) < 4.78 is 3.79. The maximum absolute atomic E-state index is 10.8. The van der Waals surface area contributed by atoms with E-state index >= 15 is 0 Å². The lowest BCUT2D eigenvalue weighted by Crippen LogP contribution is -2.14. The molecule has 1 aromatic carbocycles. The largest absolute Gasteiger partial charge is 0.380 e. The molecule has 2 N–H and O–H groups in total. The van der Waals surface area contributed by atoms with Crippen LogP contribution in [0, 0.1) is 0 Å². The Morgan fingerprint density at radius 3 is 2.74 bits per heavy atom. The molecule has 0 saturated heterocycles. The summed E-state index contributed by atoms with van der Waals surface area (Å²) in [6.45, 7) is 3.25. The van der Waals surface area contributed by atoms with Crippen molar-refractivity contribution in [2.75, 3.05) is 0 Å². The molecular formula is C12H10N4O2S. The maximum atomic E-state index is 10.8. The van der Waals surface area contributed by atoms with E-state index in [1.165, 1.54) is 11.5 Å². The van der Waals surface area contributed by atoms with Gasteiger partial charge in [0.1, 0.15) is 5.69 Å². The summed E-state index contributed by atoms with van der Waals surface area (Å²) in [4.78, 5) is 15.3. The summed E-state index contributed by atoms with van der Waals surface area (Å²) in [7, 11) is 0. The van der Waals surface area contributed by atoms with Crippen LogP contribution in [-0.4, -0.2) is 21.4 Å². The number of carbonyl (C=O) groups is 1. The fourth-order valence-electron chi connectivity index (χ4n) is 1.29. The molecule has 0 fully saturated rings. The number of rotatable bonds is 4. The van der Waals surface area contributed by atoms with Crippen molar-refractivity contribution in [3.05, 3.63) is 47.9 Å². The maximum Gasteiger partial charge on any atom is 0.358 e. The summed E-state index contributed by atoms with van der Waals surface area (Å²) in [5, 5.41) is 9.31. The molecule has 0 saturated carbocycles. The van der Waals surface area contributed by atoms with Crippen LogP contribution in [0.3, 0.4) is 0 Å². The number of amidine groups is 1. The van der Waals surface area contributed by atoms with Crippen LogP contribution in [-0.2, 0) is 9.63 Å². The van der Waals surface area contributed by atoms with Gasteiger partial charge in [-0.3, -0.25) is 0 Å². The van der Waals surface area contributed by atoms with Crippen molar-refractivity contribution in [3.63, 3.8) is 0 Å². The molecule has 1 heterocycles. The molecule has 0 amide bonds. The first-order valence-corrected chi connectivity index (χ1v) is 6.09. The second-order valence-electron chi connectivity index (χ2n) is 3.46. The van der Waals surface area contributed by atoms with Crippen LogP contribution in [0.25, 0.3) is 11.3 Å². The molecule has 0 unspecified atom stereocenters. The number of hydrogen-bond donors (Lipinski definition) is 1. The van der Waals surface area contributed by atoms with E-state index in [0.717, 1.165) is 17.3 Å². The average Bonchev–Trinajstić information content (AvgIpc) is 2.98. The van der Waals surface area contributed by atoms with E-state index in [9.17, 15) is 4.79 Å². The smallest absolute Gasteiger partial charge is 0.358 e. The van der Waals surface area contributed by atoms with Gasteiger partial charge in [-0.05, 0) is 11.5 Å². The number of nitrogens with two attached hydrogens (primary N) is 1. The van der Waals surface area contributed by atoms with E-state index in [1.54, 1.807) is 12.1 Å². The molecule has 0 bridgehead atoms. The number of aromatic nitrogens is 2. The lowest BCUT2D eigenvalue weighted by atomic mass is 10.1. The molecule has 7 heteroatoms. The average molecular weight is 274 g/mol. The fraction of sp³-hybridized carbons (Fsp3) is 0. The van der Waals surface area contributed by atoms with Crippen molar-refractivity contribution < 1.29 is 9.63 Å². The van der Waals surface area contributed by atoms with Crippen molar-refractivity contribution in [1.82, 2.24) is 9.59 Å². The fourth-order valence-corrected chi connectivity index (χ4v) is 1.75. The van der Waals surface area contributed by atoms with Crippen LogP contribution in [0.4, 0.5) is 0 Å². The Morgan fingerprint density at radius 1 is 1.42 bits per heavy atom. The van der Waals surface area contributed by atoms with E-state index in [-0.39, 0.29) is 5.84 Å². The zero-order chi connectivity index (χ0) is 13.7. The molecule has 96 valence electrons. The van der Waals surface area contributed by atoms with Gasteiger partial charge >= 0.3 is 5.97 Å². The standard InChI is InChI=1S/C12H10N4O2S/c1-2-11(17)18-15-12(13)9-5-3-8(4-6-9)10-7-19-16-14-10/h2-7H,1H2,(H2,13,15). The van der Waals surface area contributed by atoms with E-state index in [1.807, 2.05) is 17.5 Å². The van der Waals surface area contributed by atoms with E-state index in [2.05, 4.69) is 26.2 Å². The lowest BCUT2D eigenvalue weighted by molar-refractivity contribution is -0.137. The summed E-state index contributed by atoms with van der Waals surface area (Å²) in [5.41, 5.74) is 8.04. The SMILES string of the molecule is C=CC(=O)O/N=C(\N)c1ccc(-c2csnn2)cc1. The van der Waals surface area contributed by atoms with Gasteiger partial charge in [-0.2, -0.15) is 0 Å². The minimum atomic E-state index is -0.659. The Kier molecular flexibility index (Phi) is 3.99. The van der Waals surface area contributed by atoms with Crippen molar-refractivity contribution in [1.29, 1.82) is 0 Å². The first-order chi connectivity index (χ1) is 9.20. The van der Waals surface area contributed by atoms with Crippen LogP contribution < -0.4 is 5.73 Å². The molecule has 0 aliphatic rings. The van der Waals surface area contributed by atoms with Gasteiger partial charge in [-0.25, -0.2) is 4.79 Å². The van der Waals surface area contributed by atoms with Gasteiger partial charge < -0.3 is 10.6 Å². The Morgan fingerprint density at radius 2 is 2.16 bits per heavy atom.